The molecule has 1 N–H and O–H groups in total. The summed E-state index contributed by atoms with van der Waals surface area (Å²) in [6.07, 6.45) is 5.60. The number of hydrogen-bond donors (Lipinski definition) is 1. The number of nitrogens with one attached hydrogen (secondary N) is 1. The summed E-state index contributed by atoms with van der Waals surface area (Å²) in [5.41, 5.74) is 1.27. The van der Waals surface area contributed by atoms with E-state index in [9.17, 15) is 14.4 Å². The summed E-state index contributed by atoms with van der Waals surface area (Å²) in [5, 5.41) is 3.57. The zero-order valence-corrected chi connectivity index (χ0v) is 19.2. The van der Waals surface area contributed by atoms with E-state index in [1.807, 2.05) is 30.3 Å². The van der Waals surface area contributed by atoms with Gasteiger partial charge < -0.3 is 5.32 Å². The number of rotatable bonds is 5. The molecule has 2 aromatic rings. The van der Waals surface area contributed by atoms with Crippen LogP contribution < -0.4 is 5.32 Å². The first kappa shape index (κ1) is 20.9. The predicted molar refractivity (Wildman–Crippen MR) is 126 cm³/mol. The van der Waals surface area contributed by atoms with Crippen LogP contribution in [0.15, 0.2) is 60.7 Å². The zero-order chi connectivity index (χ0) is 22.9. The number of carbonyl (C=O) groups excluding carboxylic acids is 3. The summed E-state index contributed by atoms with van der Waals surface area (Å²) in [4.78, 5) is 42.1. The maximum absolute atomic E-state index is 13.7. The first-order valence-corrected chi connectivity index (χ1v) is 12.0. The first-order chi connectivity index (χ1) is 15.9. The van der Waals surface area contributed by atoms with Crippen LogP contribution in [0.25, 0.3) is 0 Å². The van der Waals surface area contributed by atoms with Gasteiger partial charge in [-0.15, -0.1) is 0 Å². The standard InChI is InChI=1S/C26H22Cl2N2O3/c27-14-6-9-20(19(28)11-14)29-24(31)21(10-13-4-2-1-3-5-13)30-25(32)22-15-7-8-16(18-12-17(15)18)23(22)26(30)33/h1-9,11,15-18,21-23H,10,12H2,(H,29,31)/t15-,16-,17-,18-,21-,22-,23+/m0/s1. The molecule has 0 unspecified atom stereocenters. The second-order valence-corrected chi connectivity index (χ2v) is 10.4. The molecule has 5 nitrogen and oxygen atoms in total. The number of amides is 3. The second kappa shape index (κ2) is 7.71. The quantitative estimate of drug-likeness (QED) is 0.502. The molecular formula is C26H22Cl2N2O3. The van der Waals surface area contributed by atoms with Gasteiger partial charge in [0, 0.05) is 11.4 Å². The molecule has 4 aliphatic carbocycles. The van der Waals surface area contributed by atoms with Crippen molar-refractivity contribution in [1.82, 2.24) is 4.90 Å². The summed E-state index contributed by atoms with van der Waals surface area (Å²) in [7, 11) is 0. The number of imide groups is 1. The first-order valence-electron chi connectivity index (χ1n) is 11.3. The number of benzene rings is 2. The van der Waals surface area contributed by atoms with Gasteiger partial charge in [-0.05, 0) is 53.9 Å². The third-order valence-electron chi connectivity index (χ3n) is 7.77. The fourth-order valence-corrected chi connectivity index (χ4v) is 6.69. The Balaban J connectivity index is 1.34. The number of carbonyl (C=O) groups is 3. The van der Waals surface area contributed by atoms with E-state index >= 15 is 0 Å². The molecule has 0 spiro atoms. The molecule has 5 aliphatic rings. The van der Waals surface area contributed by atoms with Crippen LogP contribution in [-0.2, 0) is 20.8 Å². The number of halogens is 2. The minimum atomic E-state index is -0.958. The van der Waals surface area contributed by atoms with Crippen molar-refractivity contribution in [3.63, 3.8) is 0 Å². The second-order valence-electron chi connectivity index (χ2n) is 9.52. The highest BCUT2D eigenvalue weighted by Crippen LogP contribution is 2.65. The van der Waals surface area contributed by atoms with Crippen molar-refractivity contribution in [1.29, 1.82) is 0 Å². The molecule has 7 atom stereocenters. The summed E-state index contributed by atoms with van der Waals surface area (Å²) in [6, 6.07) is 13.3. The lowest BCUT2D eigenvalue weighted by Gasteiger charge is -2.37. The van der Waals surface area contributed by atoms with Crippen LogP contribution in [0.4, 0.5) is 5.69 Å². The predicted octanol–water partition coefficient (Wildman–Crippen LogP) is 4.60. The molecule has 7 heteroatoms. The minimum absolute atomic E-state index is 0.109. The summed E-state index contributed by atoms with van der Waals surface area (Å²) in [6.45, 7) is 0. The van der Waals surface area contributed by atoms with Crippen LogP contribution in [0.5, 0.6) is 0 Å². The van der Waals surface area contributed by atoms with Gasteiger partial charge in [0.05, 0.1) is 22.5 Å². The van der Waals surface area contributed by atoms with Crippen molar-refractivity contribution >= 4 is 46.6 Å². The molecule has 2 saturated carbocycles. The van der Waals surface area contributed by atoms with Gasteiger partial charge in [-0.2, -0.15) is 0 Å². The lowest BCUT2D eigenvalue weighted by molar-refractivity contribution is -0.146. The molecule has 2 aromatic carbocycles. The molecule has 1 aliphatic heterocycles. The Labute approximate surface area is 201 Å². The molecule has 33 heavy (non-hydrogen) atoms. The maximum atomic E-state index is 13.7. The van der Waals surface area contributed by atoms with Crippen molar-refractivity contribution in [2.75, 3.05) is 5.32 Å². The fraction of sp³-hybridized carbons (Fsp3) is 0.346. The molecule has 168 valence electrons. The third-order valence-corrected chi connectivity index (χ3v) is 8.32. The van der Waals surface area contributed by atoms with E-state index in [-0.39, 0.29) is 41.9 Å². The Morgan fingerprint density at radius 1 is 0.970 bits per heavy atom. The maximum Gasteiger partial charge on any atom is 0.248 e. The van der Waals surface area contributed by atoms with Crippen molar-refractivity contribution in [2.24, 2.45) is 35.5 Å². The van der Waals surface area contributed by atoms with Crippen LogP contribution in [0.3, 0.4) is 0 Å². The smallest absolute Gasteiger partial charge is 0.248 e. The summed E-state index contributed by atoms with van der Waals surface area (Å²) >= 11 is 12.3. The Kier molecular flexibility index (Phi) is 4.89. The van der Waals surface area contributed by atoms with Gasteiger partial charge in [-0.1, -0.05) is 65.7 Å². The van der Waals surface area contributed by atoms with Gasteiger partial charge in [0.15, 0.2) is 0 Å². The van der Waals surface area contributed by atoms with E-state index in [0.29, 0.717) is 27.6 Å². The molecule has 7 rings (SSSR count). The zero-order valence-electron chi connectivity index (χ0n) is 17.7. The molecule has 3 amide bonds. The highest BCUT2D eigenvalue weighted by molar-refractivity contribution is 6.36. The van der Waals surface area contributed by atoms with E-state index in [4.69, 9.17) is 23.2 Å². The largest absolute Gasteiger partial charge is 0.323 e. The summed E-state index contributed by atoms with van der Waals surface area (Å²) < 4.78 is 0. The van der Waals surface area contributed by atoms with Gasteiger partial charge in [0.1, 0.15) is 6.04 Å². The van der Waals surface area contributed by atoms with E-state index < -0.39 is 11.9 Å². The van der Waals surface area contributed by atoms with Gasteiger partial charge in [0.2, 0.25) is 17.7 Å². The third kappa shape index (κ3) is 3.32. The Morgan fingerprint density at radius 3 is 2.21 bits per heavy atom. The molecule has 0 aromatic heterocycles. The van der Waals surface area contributed by atoms with E-state index in [0.717, 1.165) is 12.0 Å². The highest BCUT2D eigenvalue weighted by atomic mass is 35.5. The summed E-state index contributed by atoms with van der Waals surface area (Å²) in [5.74, 6) is -0.326. The normalized spacial score (nSPS) is 31.9. The van der Waals surface area contributed by atoms with Crippen LogP contribution in [0.2, 0.25) is 10.0 Å². The van der Waals surface area contributed by atoms with Gasteiger partial charge in [-0.25, -0.2) is 0 Å². The molecule has 0 radical (unpaired) electrons. The molecule has 2 bridgehead atoms. The Hall–Kier alpha value is -2.63. The average Bonchev–Trinajstić information content (AvgIpc) is 3.59. The topological polar surface area (TPSA) is 66.5 Å². The van der Waals surface area contributed by atoms with Crippen LogP contribution in [0.1, 0.15) is 12.0 Å². The van der Waals surface area contributed by atoms with Crippen LogP contribution in [0, 0.1) is 35.5 Å². The number of anilines is 1. The SMILES string of the molecule is O=C(Nc1ccc(Cl)cc1Cl)[C@H](Cc1ccccc1)N1C(=O)[C@@H]2[C@H]3C=C[C@@H]([C@@H]4C[C@@H]34)[C@@H]2C1=O. The van der Waals surface area contributed by atoms with Crippen LogP contribution in [-0.4, -0.2) is 28.7 Å². The van der Waals surface area contributed by atoms with E-state index in [1.54, 1.807) is 18.2 Å². The van der Waals surface area contributed by atoms with Gasteiger partial charge in [-0.3, -0.25) is 19.3 Å². The molecule has 3 fully saturated rings. The fourth-order valence-electron chi connectivity index (χ4n) is 6.23. The van der Waals surface area contributed by atoms with E-state index in [2.05, 4.69) is 17.5 Å². The van der Waals surface area contributed by atoms with Crippen molar-refractivity contribution in [2.45, 2.75) is 18.9 Å². The Morgan fingerprint density at radius 2 is 1.61 bits per heavy atom. The number of hydrogen-bond acceptors (Lipinski definition) is 3. The lowest BCUT2D eigenvalue weighted by Crippen LogP contribution is -2.49. The molecule has 1 heterocycles. The number of allylic oxidation sites excluding steroid dienone is 2. The minimum Gasteiger partial charge on any atom is -0.323 e. The van der Waals surface area contributed by atoms with Crippen molar-refractivity contribution in [3.05, 3.63) is 76.3 Å². The van der Waals surface area contributed by atoms with Crippen LogP contribution >= 0.6 is 23.2 Å². The lowest BCUT2D eigenvalue weighted by atomic mass is 9.63. The van der Waals surface area contributed by atoms with Crippen molar-refractivity contribution < 1.29 is 14.4 Å². The highest BCUT2D eigenvalue weighted by Gasteiger charge is 2.67. The monoisotopic (exact) mass is 480 g/mol. The number of likely N-dealkylation sites (tertiary alicyclic amines) is 1. The Bertz CT molecular complexity index is 1160. The van der Waals surface area contributed by atoms with Gasteiger partial charge >= 0.3 is 0 Å². The number of nitrogens with zero attached hydrogens (tertiary/aromatic N) is 1. The average molecular weight is 481 g/mol. The molecule has 1 saturated heterocycles. The van der Waals surface area contributed by atoms with E-state index in [1.165, 1.54) is 4.90 Å². The molecular weight excluding hydrogens is 459 g/mol. The van der Waals surface area contributed by atoms with Crippen molar-refractivity contribution in [3.8, 4) is 0 Å². The van der Waals surface area contributed by atoms with Gasteiger partial charge in [0.25, 0.3) is 0 Å².